The number of nitrogens with zero attached hydrogens (tertiary/aromatic N) is 2. The van der Waals surface area contributed by atoms with Crippen LogP contribution in [0.15, 0.2) is 12.4 Å². The van der Waals surface area contributed by atoms with E-state index in [0.717, 1.165) is 6.20 Å². The second-order valence-electron chi connectivity index (χ2n) is 2.84. The van der Waals surface area contributed by atoms with Gasteiger partial charge in [-0.1, -0.05) is 0 Å². The largest absolute Gasteiger partial charge is 0.405 e. The first-order valence-electron chi connectivity index (χ1n) is 4.27. The molecule has 5 nitrogen and oxygen atoms in total. The maximum absolute atomic E-state index is 11.8. The molecule has 1 aromatic heterocycles. The maximum Gasteiger partial charge on any atom is 0.405 e. The van der Waals surface area contributed by atoms with Crippen LogP contribution in [0.25, 0.3) is 0 Å². The number of hydrogen-bond donors (Lipinski definition) is 2. The van der Waals surface area contributed by atoms with Crippen LogP contribution in [0.1, 0.15) is 10.5 Å². The Morgan fingerprint density at radius 3 is 2.69 bits per heavy atom. The van der Waals surface area contributed by atoms with Gasteiger partial charge in [-0.3, -0.25) is 9.78 Å². The summed E-state index contributed by atoms with van der Waals surface area (Å²) in [6.07, 6.45) is -2.00. The normalized spacial score (nSPS) is 11.0. The van der Waals surface area contributed by atoms with E-state index in [1.807, 2.05) is 0 Å². The summed E-state index contributed by atoms with van der Waals surface area (Å²) in [7, 11) is 1.56. The van der Waals surface area contributed by atoms with Crippen molar-refractivity contribution in [3.8, 4) is 0 Å². The Kier molecular flexibility index (Phi) is 3.64. The lowest BCUT2D eigenvalue weighted by Crippen LogP contribution is -2.34. The number of amides is 1. The molecule has 0 radical (unpaired) electrons. The Balaban J connectivity index is 2.66. The number of anilines is 1. The monoisotopic (exact) mass is 234 g/mol. The number of alkyl halides is 3. The average molecular weight is 234 g/mol. The van der Waals surface area contributed by atoms with Crippen molar-refractivity contribution in [2.45, 2.75) is 6.18 Å². The third kappa shape index (κ3) is 3.71. The van der Waals surface area contributed by atoms with Crippen LogP contribution in [0.5, 0.6) is 0 Å². The molecule has 0 unspecified atom stereocenters. The van der Waals surface area contributed by atoms with Crippen molar-refractivity contribution in [2.75, 3.05) is 18.9 Å². The first kappa shape index (κ1) is 12.2. The van der Waals surface area contributed by atoms with E-state index in [9.17, 15) is 18.0 Å². The fourth-order valence-electron chi connectivity index (χ4n) is 0.867. The second-order valence-corrected chi connectivity index (χ2v) is 2.84. The van der Waals surface area contributed by atoms with E-state index in [1.165, 1.54) is 6.20 Å². The third-order valence-corrected chi connectivity index (χ3v) is 1.57. The molecule has 0 saturated heterocycles. The van der Waals surface area contributed by atoms with Crippen LogP contribution >= 0.6 is 0 Å². The summed E-state index contributed by atoms with van der Waals surface area (Å²) in [6.45, 7) is -1.39. The highest BCUT2D eigenvalue weighted by atomic mass is 19.4. The van der Waals surface area contributed by atoms with Gasteiger partial charge in [-0.2, -0.15) is 13.2 Å². The van der Waals surface area contributed by atoms with Crippen molar-refractivity contribution in [1.29, 1.82) is 0 Å². The third-order valence-electron chi connectivity index (χ3n) is 1.57. The maximum atomic E-state index is 11.8. The molecule has 0 saturated carbocycles. The van der Waals surface area contributed by atoms with Gasteiger partial charge in [0.2, 0.25) is 0 Å². The van der Waals surface area contributed by atoms with Gasteiger partial charge < -0.3 is 10.6 Å². The Morgan fingerprint density at radius 2 is 2.12 bits per heavy atom. The first-order chi connectivity index (χ1) is 7.42. The van der Waals surface area contributed by atoms with Crippen molar-refractivity contribution >= 4 is 11.7 Å². The molecule has 1 aromatic rings. The van der Waals surface area contributed by atoms with Gasteiger partial charge in [-0.15, -0.1) is 0 Å². The Labute approximate surface area is 89.1 Å². The predicted molar refractivity (Wildman–Crippen MR) is 50.0 cm³/mol. The van der Waals surface area contributed by atoms with Crippen LogP contribution in [0.4, 0.5) is 19.0 Å². The molecule has 0 aliphatic rings. The fraction of sp³-hybridized carbons (Fsp3) is 0.375. The standard InChI is InChI=1S/C8H9F3N4O/c1-12-6-3-13-2-5(15-6)7(16)14-4-8(9,10)11/h2-3H,4H2,1H3,(H,12,15)(H,14,16). The topological polar surface area (TPSA) is 66.9 Å². The molecule has 16 heavy (non-hydrogen) atoms. The molecular weight excluding hydrogens is 225 g/mol. The number of hydrogen-bond acceptors (Lipinski definition) is 4. The molecule has 8 heteroatoms. The molecule has 0 spiro atoms. The summed E-state index contributed by atoms with van der Waals surface area (Å²) in [6, 6.07) is 0. The van der Waals surface area contributed by atoms with E-state index in [0.29, 0.717) is 5.82 Å². The number of carbonyl (C=O) groups is 1. The van der Waals surface area contributed by atoms with E-state index in [4.69, 9.17) is 0 Å². The molecular formula is C8H9F3N4O. The zero-order valence-corrected chi connectivity index (χ0v) is 8.30. The summed E-state index contributed by atoms with van der Waals surface area (Å²) >= 11 is 0. The van der Waals surface area contributed by atoms with Crippen molar-refractivity contribution in [3.63, 3.8) is 0 Å². The number of nitrogens with one attached hydrogen (secondary N) is 2. The Hall–Kier alpha value is -1.86. The van der Waals surface area contributed by atoms with Crippen LogP contribution in [-0.2, 0) is 0 Å². The molecule has 0 bridgehead atoms. The second kappa shape index (κ2) is 4.77. The molecule has 1 heterocycles. The summed E-state index contributed by atoms with van der Waals surface area (Å²) in [4.78, 5) is 18.6. The molecule has 88 valence electrons. The van der Waals surface area contributed by atoms with Crippen molar-refractivity contribution < 1.29 is 18.0 Å². The smallest absolute Gasteiger partial charge is 0.372 e. The minimum Gasteiger partial charge on any atom is -0.372 e. The number of aromatic nitrogens is 2. The van der Waals surface area contributed by atoms with Crippen LogP contribution in [0.2, 0.25) is 0 Å². The van der Waals surface area contributed by atoms with Gasteiger partial charge in [0.1, 0.15) is 18.1 Å². The van der Waals surface area contributed by atoms with Gasteiger partial charge in [-0.05, 0) is 0 Å². The molecule has 0 fully saturated rings. The number of carbonyl (C=O) groups excluding carboxylic acids is 1. The fourth-order valence-corrected chi connectivity index (χ4v) is 0.867. The van der Waals surface area contributed by atoms with E-state index >= 15 is 0 Å². The van der Waals surface area contributed by atoms with Gasteiger partial charge >= 0.3 is 6.18 Å². The van der Waals surface area contributed by atoms with Gasteiger partial charge in [0, 0.05) is 7.05 Å². The SMILES string of the molecule is CNc1cncc(C(=O)NCC(F)(F)F)n1. The molecule has 0 aliphatic heterocycles. The highest BCUT2D eigenvalue weighted by Crippen LogP contribution is 2.12. The van der Waals surface area contributed by atoms with E-state index in [-0.39, 0.29) is 5.69 Å². The van der Waals surface area contributed by atoms with Crippen LogP contribution in [0, 0.1) is 0 Å². The van der Waals surface area contributed by atoms with Gasteiger partial charge in [0.25, 0.3) is 5.91 Å². The number of rotatable bonds is 3. The van der Waals surface area contributed by atoms with E-state index < -0.39 is 18.6 Å². The van der Waals surface area contributed by atoms with Crippen LogP contribution < -0.4 is 10.6 Å². The van der Waals surface area contributed by atoms with Crippen molar-refractivity contribution in [2.24, 2.45) is 0 Å². The molecule has 1 amide bonds. The molecule has 1 rings (SSSR count). The lowest BCUT2D eigenvalue weighted by molar-refractivity contribution is -0.123. The minimum atomic E-state index is -4.44. The van der Waals surface area contributed by atoms with Crippen LogP contribution in [0.3, 0.4) is 0 Å². The van der Waals surface area contributed by atoms with Crippen LogP contribution in [-0.4, -0.2) is 35.6 Å². The zero-order chi connectivity index (χ0) is 12.2. The number of halogens is 3. The lowest BCUT2D eigenvalue weighted by atomic mass is 10.4. The zero-order valence-electron chi connectivity index (χ0n) is 8.30. The minimum absolute atomic E-state index is 0.170. The first-order valence-corrected chi connectivity index (χ1v) is 4.27. The van der Waals surface area contributed by atoms with E-state index in [2.05, 4.69) is 15.3 Å². The van der Waals surface area contributed by atoms with Gasteiger partial charge in [0.15, 0.2) is 0 Å². The van der Waals surface area contributed by atoms with Gasteiger partial charge in [0.05, 0.1) is 12.4 Å². The van der Waals surface area contributed by atoms with Crippen molar-refractivity contribution in [1.82, 2.24) is 15.3 Å². The van der Waals surface area contributed by atoms with Gasteiger partial charge in [-0.25, -0.2) is 4.98 Å². The Bertz CT molecular complexity index is 380. The molecule has 0 aliphatic carbocycles. The van der Waals surface area contributed by atoms with Crippen molar-refractivity contribution in [3.05, 3.63) is 18.1 Å². The quantitative estimate of drug-likeness (QED) is 0.812. The average Bonchev–Trinajstić information content (AvgIpc) is 2.25. The highest BCUT2D eigenvalue weighted by molar-refractivity contribution is 5.92. The predicted octanol–water partition coefficient (Wildman–Crippen LogP) is 0.810. The molecule has 0 aromatic carbocycles. The summed E-state index contributed by atoms with van der Waals surface area (Å²) in [5.41, 5.74) is -0.170. The summed E-state index contributed by atoms with van der Waals surface area (Å²) in [5.74, 6) is -0.610. The molecule has 0 atom stereocenters. The summed E-state index contributed by atoms with van der Waals surface area (Å²) < 4.78 is 35.4. The van der Waals surface area contributed by atoms with E-state index in [1.54, 1.807) is 12.4 Å². The Morgan fingerprint density at radius 1 is 1.44 bits per heavy atom. The summed E-state index contributed by atoms with van der Waals surface area (Å²) in [5, 5.41) is 4.31. The lowest BCUT2D eigenvalue weighted by Gasteiger charge is -2.08. The molecule has 2 N–H and O–H groups in total. The highest BCUT2D eigenvalue weighted by Gasteiger charge is 2.28.